The standard InChI is InChI=1S/C14H15N5/c1-3-4-13(19-8-7-15-10-19)11-5-6-14-12(9-11)16-17-18(14)2/h3-10,13H,1-2H3. The quantitative estimate of drug-likeness (QED) is 0.673. The second-order valence-electron chi connectivity index (χ2n) is 4.44. The van der Waals surface area contributed by atoms with Gasteiger partial charge in [-0.3, -0.25) is 0 Å². The van der Waals surface area contributed by atoms with Crippen LogP contribution in [0.3, 0.4) is 0 Å². The third-order valence-electron chi connectivity index (χ3n) is 3.20. The summed E-state index contributed by atoms with van der Waals surface area (Å²) in [7, 11) is 1.90. The summed E-state index contributed by atoms with van der Waals surface area (Å²) in [5.41, 5.74) is 3.12. The second-order valence-corrected chi connectivity index (χ2v) is 4.44. The molecule has 0 saturated heterocycles. The van der Waals surface area contributed by atoms with E-state index in [2.05, 4.69) is 44.1 Å². The van der Waals surface area contributed by atoms with Gasteiger partial charge >= 0.3 is 0 Å². The zero-order valence-electron chi connectivity index (χ0n) is 10.9. The Bertz CT molecular complexity index is 709. The largest absolute Gasteiger partial charge is 0.326 e. The zero-order valence-corrected chi connectivity index (χ0v) is 10.9. The van der Waals surface area contributed by atoms with Gasteiger partial charge in [0.2, 0.25) is 0 Å². The normalized spacial score (nSPS) is 13.4. The molecule has 5 heteroatoms. The van der Waals surface area contributed by atoms with E-state index in [1.165, 1.54) is 5.56 Å². The van der Waals surface area contributed by atoms with Gasteiger partial charge in [0, 0.05) is 19.4 Å². The third-order valence-corrected chi connectivity index (χ3v) is 3.20. The van der Waals surface area contributed by atoms with Gasteiger partial charge in [0.15, 0.2) is 0 Å². The molecule has 0 aliphatic rings. The Morgan fingerprint density at radius 3 is 2.95 bits per heavy atom. The van der Waals surface area contributed by atoms with Gasteiger partial charge in [-0.1, -0.05) is 23.4 Å². The van der Waals surface area contributed by atoms with Crippen LogP contribution < -0.4 is 0 Å². The maximum absolute atomic E-state index is 4.17. The maximum Gasteiger partial charge on any atom is 0.113 e. The first kappa shape index (κ1) is 11.6. The lowest BCUT2D eigenvalue weighted by molar-refractivity contribution is 0.698. The van der Waals surface area contributed by atoms with Crippen LogP contribution >= 0.6 is 0 Å². The number of allylic oxidation sites excluding steroid dienone is 2. The Morgan fingerprint density at radius 1 is 1.32 bits per heavy atom. The Kier molecular flexibility index (Phi) is 2.87. The Morgan fingerprint density at radius 2 is 2.21 bits per heavy atom. The molecule has 3 aromatic rings. The molecule has 5 nitrogen and oxygen atoms in total. The van der Waals surface area contributed by atoms with Crippen molar-refractivity contribution in [1.29, 1.82) is 0 Å². The zero-order chi connectivity index (χ0) is 13.2. The highest BCUT2D eigenvalue weighted by molar-refractivity contribution is 5.75. The Hall–Kier alpha value is -2.43. The van der Waals surface area contributed by atoms with E-state index in [-0.39, 0.29) is 6.04 Å². The van der Waals surface area contributed by atoms with Crippen LogP contribution in [0.25, 0.3) is 11.0 Å². The van der Waals surface area contributed by atoms with Gasteiger partial charge in [-0.2, -0.15) is 0 Å². The molecule has 1 aromatic carbocycles. The van der Waals surface area contributed by atoms with E-state index in [9.17, 15) is 0 Å². The summed E-state index contributed by atoms with van der Waals surface area (Å²) >= 11 is 0. The molecular formula is C14H15N5. The number of hydrogen-bond donors (Lipinski definition) is 0. The van der Waals surface area contributed by atoms with Gasteiger partial charge in [-0.25, -0.2) is 9.67 Å². The van der Waals surface area contributed by atoms with Gasteiger partial charge < -0.3 is 4.57 Å². The Labute approximate surface area is 111 Å². The first-order chi connectivity index (χ1) is 9.29. The van der Waals surface area contributed by atoms with Crippen LogP contribution in [0.15, 0.2) is 49.1 Å². The minimum Gasteiger partial charge on any atom is -0.326 e. The van der Waals surface area contributed by atoms with Crippen molar-refractivity contribution in [3.8, 4) is 0 Å². The lowest BCUT2D eigenvalue weighted by atomic mass is 10.1. The number of hydrogen-bond acceptors (Lipinski definition) is 3. The number of benzene rings is 1. The number of aromatic nitrogens is 5. The molecule has 0 bridgehead atoms. The van der Waals surface area contributed by atoms with Crippen molar-refractivity contribution < 1.29 is 0 Å². The number of rotatable bonds is 3. The molecule has 0 aliphatic heterocycles. The highest BCUT2D eigenvalue weighted by atomic mass is 15.4. The molecule has 1 unspecified atom stereocenters. The summed E-state index contributed by atoms with van der Waals surface area (Å²) in [5.74, 6) is 0. The third kappa shape index (κ3) is 2.03. The molecule has 2 heterocycles. The lowest BCUT2D eigenvalue weighted by Crippen LogP contribution is -2.05. The van der Waals surface area contributed by atoms with E-state index < -0.39 is 0 Å². The van der Waals surface area contributed by atoms with Gasteiger partial charge in [0.1, 0.15) is 5.52 Å². The van der Waals surface area contributed by atoms with Crippen molar-refractivity contribution in [3.05, 3.63) is 54.6 Å². The van der Waals surface area contributed by atoms with E-state index >= 15 is 0 Å². The topological polar surface area (TPSA) is 48.5 Å². The van der Waals surface area contributed by atoms with Crippen LogP contribution in [-0.2, 0) is 7.05 Å². The molecule has 0 aliphatic carbocycles. The lowest BCUT2D eigenvalue weighted by Gasteiger charge is -2.14. The summed E-state index contributed by atoms with van der Waals surface area (Å²) < 4.78 is 3.85. The molecule has 0 radical (unpaired) electrons. The van der Waals surface area contributed by atoms with E-state index in [0.29, 0.717) is 0 Å². The maximum atomic E-state index is 4.17. The fourth-order valence-electron chi connectivity index (χ4n) is 2.24. The number of imidazole rings is 1. The van der Waals surface area contributed by atoms with Crippen molar-refractivity contribution >= 4 is 11.0 Å². The number of nitrogens with zero attached hydrogens (tertiary/aromatic N) is 5. The summed E-state index contributed by atoms with van der Waals surface area (Å²) in [5, 5.41) is 8.20. The van der Waals surface area contributed by atoms with E-state index in [1.54, 1.807) is 10.9 Å². The summed E-state index contributed by atoms with van der Waals surface area (Å²) in [6.07, 6.45) is 9.76. The van der Waals surface area contributed by atoms with Crippen LogP contribution in [0.2, 0.25) is 0 Å². The molecule has 19 heavy (non-hydrogen) atoms. The molecule has 0 saturated carbocycles. The number of fused-ring (bicyclic) bond motifs is 1. The summed E-state index contributed by atoms with van der Waals surface area (Å²) in [4.78, 5) is 4.11. The minimum atomic E-state index is 0.138. The molecule has 3 rings (SSSR count). The SMILES string of the molecule is CC=CC(c1ccc2c(c1)nnn2C)n1ccnc1. The number of aryl methyl sites for hydroxylation is 1. The van der Waals surface area contributed by atoms with E-state index in [0.717, 1.165) is 11.0 Å². The van der Waals surface area contributed by atoms with E-state index in [4.69, 9.17) is 0 Å². The molecule has 1 atom stereocenters. The van der Waals surface area contributed by atoms with Crippen LogP contribution in [0.1, 0.15) is 18.5 Å². The molecule has 96 valence electrons. The monoisotopic (exact) mass is 253 g/mol. The molecule has 0 fully saturated rings. The van der Waals surface area contributed by atoms with Gasteiger partial charge in [0.05, 0.1) is 17.9 Å². The average molecular weight is 253 g/mol. The molecule has 2 aromatic heterocycles. The molecular weight excluding hydrogens is 238 g/mol. The highest BCUT2D eigenvalue weighted by Crippen LogP contribution is 2.23. The first-order valence-corrected chi connectivity index (χ1v) is 6.19. The fourth-order valence-corrected chi connectivity index (χ4v) is 2.24. The van der Waals surface area contributed by atoms with E-state index in [1.807, 2.05) is 32.6 Å². The molecule has 0 N–H and O–H groups in total. The fraction of sp³-hybridized carbons (Fsp3) is 0.214. The van der Waals surface area contributed by atoms with Crippen LogP contribution in [-0.4, -0.2) is 24.5 Å². The van der Waals surface area contributed by atoms with Crippen molar-refractivity contribution in [2.75, 3.05) is 0 Å². The van der Waals surface area contributed by atoms with Crippen molar-refractivity contribution in [1.82, 2.24) is 24.5 Å². The van der Waals surface area contributed by atoms with Gasteiger partial charge in [-0.05, 0) is 24.6 Å². The first-order valence-electron chi connectivity index (χ1n) is 6.19. The molecule has 0 spiro atoms. The average Bonchev–Trinajstić information content (AvgIpc) is 3.06. The van der Waals surface area contributed by atoms with Crippen LogP contribution in [0.4, 0.5) is 0 Å². The van der Waals surface area contributed by atoms with Crippen molar-refractivity contribution in [3.63, 3.8) is 0 Å². The van der Waals surface area contributed by atoms with Crippen molar-refractivity contribution in [2.24, 2.45) is 7.05 Å². The summed E-state index contributed by atoms with van der Waals surface area (Å²) in [6.45, 7) is 2.02. The van der Waals surface area contributed by atoms with Crippen LogP contribution in [0, 0.1) is 0 Å². The molecule has 0 amide bonds. The predicted octanol–water partition coefficient (Wildman–Crippen LogP) is 2.33. The van der Waals surface area contributed by atoms with Gasteiger partial charge in [0.25, 0.3) is 0 Å². The van der Waals surface area contributed by atoms with Crippen molar-refractivity contribution in [2.45, 2.75) is 13.0 Å². The Balaban J connectivity index is 2.10. The predicted molar refractivity (Wildman–Crippen MR) is 73.7 cm³/mol. The van der Waals surface area contributed by atoms with Gasteiger partial charge in [-0.15, -0.1) is 5.10 Å². The second kappa shape index (κ2) is 4.68. The minimum absolute atomic E-state index is 0.138. The van der Waals surface area contributed by atoms with Crippen LogP contribution in [0.5, 0.6) is 0 Å². The summed E-state index contributed by atoms with van der Waals surface area (Å²) in [6, 6.07) is 6.38. The highest BCUT2D eigenvalue weighted by Gasteiger charge is 2.11. The smallest absolute Gasteiger partial charge is 0.113 e.